The summed E-state index contributed by atoms with van der Waals surface area (Å²) < 4.78 is 64.6. The van der Waals surface area contributed by atoms with Crippen molar-refractivity contribution >= 4 is 9.84 Å². The maximum atomic E-state index is 12.4. The number of alkyl halides is 3. The Morgan fingerprint density at radius 3 is 2.06 bits per heavy atom. The molecule has 0 radical (unpaired) electrons. The minimum Gasteiger partial charge on any atom is -0.496 e. The zero-order valence-electron chi connectivity index (χ0n) is 9.42. The average Bonchev–Trinajstić information content (AvgIpc) is 2.18. The highest BCUT2D eigenvalue weighted by Crippen LogP contribution is 2.34. The van der Waals surface area contributed by atoms with Crippen LogP contribution in [-0.4, -0.2) is 21.0 Å². The molecule has 0 unspecified atom stereocenters. The van der Waals surface area contributed by atoms with Crippen LogP contribution in [0.1, 0.15) is 11.1 Å². The van der Waals surface area contributed by atoms with Gasteiger partial charge in [-0.05, 0) is 37.1 Å². The van der Waals surface area contributed by atoms with Gasteiger partial charge in [0.25, 0.3) is 9.84 Å². The van der Waals surface area contributed by atoms with Crippen molar-refractivity contribution in [3.05, 3.63) is 23.3 Å². The highest BCUT2D eigenvalue weighted by Gasteiger charge is 2.47. The minimum absolute atomic E-state index is 0.00442. The molecule has 0 saturated heterocycles. The highest BCUT2D eigenvalue weighted by atomic mass is 32.2. The summed E-state index contributed by atoms with van der Waals surface area (Å²) in [6.45, 7) is 2.77. The van der Waals surface area contributed by atoms with Crippen molar-refractivity contribution in [3.8, 4) is 5.75 Å². The average molecular weight is 268 g/mol. The molecule has 0 bridgehead atoms. The second-order valence-electron chi connectivity index (χ2n) is 3.54. The van der Waals surface area contributed by atoms with Gasteiger partial charge in [-0.25, -0.2) is 8.42 Å². The molecular formula is C10H11F3O3S. The predicted octanol–water partition coefficient (Wildman–Crippen LogP) is 2.61. The van der Waals surface area contributed by atoms with Gasteiger partial charge in [-0.3, -0.25) is 0 Å². The molecule has 0 atom stereocenters. The van der Waals surface area contributed by atoms with Crippen molar-refractivity contribution in [1.82, 2.24) is 0 Å². The molecule has 1 aromatic rings. The van der Waals surface area contributed by atoms with E-state index in [1.807, 2.05) is 0 Å². The number of aryl methyl sites for hydroxylation is 2. The third kappa shape index (κ3) is 2.38. The summed E-state index contributed by atoms with van der Waals surface area (Å²) >= 11 is 0. The van der Waals surface area contributed by atoms with Gasteiger partial charge in [0.05, 0.1) is 12.0 Å². The van der Waals surface area contributed by atoms with Crippen LogP contribution in [0.2, 0.25) is 0 Å². The molecule has 7 heteroatoms. The van der Waals surface area contributed by atoms with Crippen molar-refractivity contribution in [3.63, 3.8) is 0 Å². The van der Waals surface area contributed by atoms with E-state index in [0.29, 0.717) is 11.3 Å². The normalized spacial score (nSPS) is 12.6. The van der Waals surface area contributed by atoms with E-state index in [1.165, 1.54) is 27.0 Å². The predicted molar refractivity (Wildman–Crippen MR) is 55.7 cm³/mol. The molecule has 0 saturated carbocycles. The van der Waals surface area contributed by atoms with Gasteiger partial charge in [-0.15, -0.1) is 0 Å². The van der Waals surface area contributed by atoms with Crippen molar-refractivity contribution in [1.29, 1.82) is 0 Å². The highest BCUT2D eigenvalue weighted by molar-refractivity contribution is 7.92. The third-order valence-corrected chi connectivity index (χ3v) is 3.91. The van der Waals surface area contributed by atoms with Gasteiger partial charge in [-0.2, -0.15) is 13.2 Å². The molecule has 0 fully saturated rings. The fraction of sp³-hybridized carbons (Fsp3) is 0.400. The standard InChI is InChI=1S/C10H11F3O3S/c1-6-5-9(7(2)4-8(6)16-3)17(14,15)10(11,12)13/h4-5H,1-3H3. The van der Waals surface area contributed by atoms with Gasteiger partial charge in [0.2, 0.25) is 0 Å². The lowest BCUT2D eigenvalue weighted by molar-refractivity contribution is -0.0436. The largest absolute Gasteiger partial charge is 0.501 e. The molecule has 0 aliphatic heterocycles. The molecule has 1 aromatic carbocycles. The molecule has 96 valence electrons. The van der Waals surface area contributed by atoms with Gasteiger partial charge in [0.15, 0.2) is 0 Å². The first-order valence-electron chi connectivity index (χ1n) is 4.58. The summed E-state index contributed by atoms with van der Waals surface area (Å²) in [6.07, 6.45) is 0. The van der Waals surface area contributed by atoms with Crippen LogP contribution in [0.25, 0.3) is 0 Å². The van der Waals surface area contributed by atoms with Gasteiger partial charge in [-0.1, -0.05) is 0 Å². The zero-order chi connectivity index (χ0) is 13.4. The van der Waals surface area contributed by atoms with Crippen LogP contribution in [0.4, 0.5) is 13.2 Å². The number of methoxy groups -OCH3 is 1. The smallest absolute Gasteiger partial charge is 0.496 e. The molecule has 0 aromatic heterocycles. The monoisotopic (exact) mass is 268 g/mol. The molecule has 1 rings (SSSR count). The maximum Gasteiger partial charge on any atom is 0.501 e. The van der Waals surface area contributed by atoms with Crippen LogP contribution in [0.3, 0.4) is 0 Å². The van der Waals surface area contributed by atoms with Crippen molar-refractivity contribution in [2.75, 3.05) is 7.11 Å². The Morgan fingerprint density at radius 1 is 1.12 bits per heavy atom. The minimum atomic E-state index is -5.31. The van der Waals surface area contributed by atoms with Gasteiger partial charge in [0, 0.05) is 0 Å². The van der Waals surface area contributed by atoms with Gasteiger partial charge >= 0.3 is 5.51 Å². The van der Waals surface area contributed by atoms with Crippen LogP contribution in [0.5, 0.6) is 5.75 Å². The van der Waals surface area contributed by atoms with E-state index in [1.54, 1.807) is 0 Å². The quantitative estimate of drug-likeness (QED) is 0.828. The molecule has 0 aliphatic carbocycles. The molecule has 0 N–H and O–H groups in total. The lowest BCUT2D eigenvalue weighted by Crippen LogP contribution is -2.24. The Bertz CT molecular complexity index is 532. The fourth-order valence-electron chi connectivity index (χ4n) is 1.40. The first-order chi connectivity index (χ1) is 7.61. The van der Waals surface area contributed by atoms with Crippen LogP contribution in [0, 0.1) is 13.8 Å². The van der Waals surface area contributed by atoms with Gasteiger partial charge in [0.1, 0.15) is 5.75 Å². The zero-order valence-corrected chi connectivity index (χ0v) is 10.2. The van der Waals surface area contributed by atoms with E-state index in [0.717, 1.165) is 6.07 Å². The number of rotatable bonds is 2. The van der Waals surface area contributed by atoms with E-state index in [9.17, 15) is 21.6 Å². The summed E-state index contributed by atoms with van der Waals surface area (Å²) in [5.41, 5.74) is -4.95. The molecule has 0 amide bonds. The van der Waals surface area contributed by atoms with E-state index in [2.05, 4.69) is 0 Å². The van der Waals surface area contributed by atoms with E-state index >= 15 is 0 Å². The maximum absolute atomic E-state index is 12.4. The number of halogens is 3. The van der Waals surface area contributed by atoms with Crippen LogP contribution in [-0.2, 0) is 9.84 Å². The second kappa shape index (κ2) is 4.21. The number of ether oxygens (including phenoxy) is 1. The first-order valence-corrected chi connectivity index (χ1v) is 6.06. The van der Waals surface area contributed by atoms with Crippen LogP contribution >= 0.6 is 0 Å². The Hall–Kier alpha value is -1.24. The lowest BCUT2D eigenvalue weighted by atomic mass is 10.1. The van der Waals surface area contributed by atoms with E-state index in [4.69, 9.17) is 4.74 Å². The Morgan fingerprint density at radius 2 is 1.65 bits per heavy atom. The first kappa shape index (κ1) is 13.8. The second-order valence-corrected chi connectivity index (χ2v) is 5.45. The molecule has 17 heavy (non-hydrogen) atoms. The Kier molecular flexibility index (Phi) is 3.42. The molecule has 3 nitrogen and oxygen atoms in total. The summed E-state index contributed by atoms with van der Waals surface area (Å²) in [5.74, 6) is 0.351. The summed E-state index contributed by atoms with van der Waals surface area (Å²) in [7, 11) is -3.95. The number of sulfone groups is 1. The van der Waals surface area contributed by atoms with E-state index in [-0.39, 0.29) is 5.56 Å². The van der Waals surface area contributed by atoms with E-state index < -0.39 is 20.2 Å². The van der Waals surface area contributed by atoms with Crippen molar-refractivity contribution in [2.45, 2.75) is 24.3 Å². The molecule has 0 spiro atoms. The number of hydrogen-bond donors (Lipinski definition) is 0. The van der Waals surface area contributed by atoms with Crippen molar-refractivity contribution < 1.29 is 26.3 Å². The Labute approximate surface area is 97.1 Å². The van der Waals surface area contributed by atoms with Gasteiger partial charge < -0.3 is 4.74 Å². The molecule has 0 aliphatic rings. The summed E-state index contributed by atoms with van der Waals surface area (Å²) in [4.78, 5) is -0.733. The topological polar surface area (TPSA) is 43.4 Å². The van der Waals surface area contributed by atoms with Crippen molar-refractivity contribution in [2.24, 2.45) is 0 Å². The fourth-order valence-corrected chi connectivity index (χ4v) is 2.46. The van der Waals surface area contributed by atoms with Crippen LogP contribution < -0.4 is 4.74 Å². The lowest BCUT2D eigenvalue weighted by Gasteiger charge is -2.13. The summed E-state index contributed by atoms with van der Waals surface area (Å²) in [5, 5.41) is 0. The Balaban J connectivity index is 3.50. The third-order valence-electron chi connectivity index (χ3n) is 2.29. The SMILES string of the molecule is COc1cc(C)c(S(=O)(=O)C(F)(F)F)cc1C. The number of benzene rings is 1. The summed E-state index contributed by atoms with van der Waals surface area (Å²) in [6, 6.07) is 2.24. The number of hydrogen-bond acceptors (Lipinski definition) is 3. The molecule has 0 heterocycles. The molecular weight excluding hydrogens is 257 g/mol. The van der Waals surface area contributed by atoms with Crippen LogP contribution in [0.15, 0.2) is 17.0 Å².